The summed E-state index contributed by atoms with van der Waals surface area (Å²) in [7, 11) is -2.07. The van der Waals surface area contributed by atoms with Gasteiger partial charge in [0.05, 0.1) is 19.3 Å². The topological polar surface area (TPSA) is 75.7 Å². The van der Waals surface area contributed by atoms with Crippen LogP contribution in [0.15, 0.2) is 0 Å². The minimum Gasteiger partial charge on any atom is -0.469 e. The molecule has 0 saturated carbocycles. The van der Waals surface area contributed by atoms with E-state index in [1.807, 2.05) is 0 Å². The molecule has 2 unspecified atom stereocenters. The predicted molar refractivity (Wildman–Crippen MR) is 75.7 cm³/mol. The van der Waals surface area contributed by atoms with Crippen LogP contribution in [0.3, 0.4) is 0 Å². The largest absolute Gasteiger partial charge is 0.469 e. The smallest absolute Gasteiger partial charge is 0.306 e. The van der Waals surface area contributed by atoms with Crippen molar-refractivity contribution in [2.45, 2.75) is 38.1 Å². The third kappa shape index (κ3) is 3.93. The number of hydrogen-bond donors (Lipinski definition) is 1. The summed E-state index contributed by atoms with van der Waals surface area (Å²) in [5.41, 5.74) is 0. The number of nitrogens with one attached hydrogen (secondary N) is 1. The standard InChI is InChI=1S/C13H24N2O4S/c1-19-13(16)6-9-20(17,18)15-8-3-4-11(10-15)12-5-2-7-14-12/h11-12,14H,2-10H2,1H3. The van der Waals surface area contributed by atoms with Crippen LogP contribution < -0.4 is 5.32 Å². The van der Waals surface area contributed by atoms with Crippen LogP contribution in [0, 0.1) is 5.92 Å². The van der Waals surface area contributed by atoms with Gasteiger partial charge in [-0.1, -0.05) is 0 Å². The zero-order chi connectivity index (χ0) is 14.6. The van der Waals surface area contributed by atoms with Gasteiger partial charge in [0.1, 0.15) is 0 Å². The maximum Gasteiger partial charge on any atom is 0.306 e. The van der Waals surface area contributed by atoms with Gasteiger partial charge in [-0.25, -0.2) is 12.7 Å². The molecule has 2 aliphatic rings. The van der Waals surface area contributed by atoms with Gasteiger partial charge < -0.3 is 10.1 Å². The van der Waals surface area contributed by atoms with E-state index in [1.165, 1.54) is 13.5 Å². The van der Waals surface area contributed by atoms with Gasteiger partial charge in [0.2, 0.25) is 10.0 Å². The molecule has 0 aliphatic carbocycles. The van der Waals surface area contributed by atoms with Crippen LogP contribution in [0.5, 0.6) is 0 Å². The number of hydrogen-bond acceptors (Lipinski definition) is 5. The number of ether oxygens (including phenoxy) is 1. The van der Waals surface area contributed by atoms with Crippen LogP contribution in [0.4, 0.5) is 0 Å². The van der Waals surface area contributed by atoms with Crippen molar-refractivity contribution in [1.82, 2.24) is 9.62 Å². The lowest BCUT2D eigenvalue weighted by atomic mass is 9.91. The number of esters is 1. The molecular formula is C13H24N2O4S. The van der Waals surface area contributed by atoms with Crippen LogP contribution in [0.2, 0.25) is 0 Å². The molecule has 116 valence electrons. The molecule has 2 fully saturated rings. The molecule has 0 aromatic carbocycles. The number of carbonyl (C=O) groups excluding carboxylic acids is 1. The van der Waals surface area contributed by atoms with Crippen LogP contribution in [-0.2, 0) is 19.6 Å². The Morgan fingerprint density at radius 1 is 1.35 bits per heavy atom. The van der Waals surface area contributed by atoms with Crippen molar-refractivity contribution in [3.63, 3.8) is 0 Å². The lowest BCUT2D eigenvalue weighted by Crippen LogP contribution is -2.46. The van der Waals surface area contributed by atoms with E-state index < -0.39 is 16.0 Å². The fraction of sp³-hybridized carbons (Fsp3) is 0.923. The molecule has 0 spiro atoms. The second kappa shape index (κ2) is 6.87. The molecule has 6 nitrogen and oxygen atoms in total. The van der Waals surface area contributed by atoms with Crippen molar-refractivity contribution in [2.24, 2.45) is 5.92 Å². The van der Waals surface area contributed by atoms with Gasteiger partial charge in [0.25, 0.3) is 0 Å². The molecule has 2 heterocycles. The predicted octanol–water partition coefficient (Wildman–Crippen LogP) is 0.343. The van der Waals surface area contributed by atoms with Crippen LogP contribution in [0.25, 0.3) is 0 Å². The van der Waals surface area contributed by atoms with Crippen molar-refractivity contribution in [2.75, 3.05) is 32.5 Å². The molecule has 2 aliphatic heterocycles. The van der Waals surface area contributed by atoms with E-state index in [9.17, 15) is 13.2 Å². The van der Waals surface area contributed by atoms with Gasteiger partial charge in [-0.15, -0.1) is 0 Å². The van der Waals surface area contributed by atoms with Gasteiger partial charge >= 0.3 is 5.97 Å². The summed E-state index contributed by atoms with van der Waals surface area (Å²) in [6.07, 6.45) is 4.24. The van der Waals surface area contributed by atoms with Crippen molar-refractivity contribution in [3.05, 3.63) is 0 Å². The first-order chi connectivity index (χ1) is 9.53. The third-order valence-corrected chi connectivity index (χ3v) is 6.11. The average molecular weight is 304 g/mol. The summed E-state index contributed by atoms with van der Waals surface area (Å²) >= 11 is 0. The first kappa shape index (κ1) is 15.7. The Morgan fingerprint density at radius 2 is 2.15 bits per heavy atom. The highest BCUT2D eigenvalue weighted by Crippen LogP contribution is 2.26. The third-order valence-electron chi connectivity index (χ3n) is 4.27. The molecule has 0 bridgehead atoms. The Hall–Kier alpha value is -0.660. The number of nitrogens with zero attached hydrogens (tertiary/aromatic N) is 1. The van der Waals surface area contributed by atoms with E-state index in [0.29, 0.717) is 25.0 Å². The number of rotatable bonds is 5. The zero-order valence-electron chi connectivity index (χ0n) is 12.0. The Balaban J connectivity index is 1.91. The molecule has 20 heavy (non-hydrogen) atoms. The van der Waals surface area contributed by atoms with Crippen molar-refractivity contribution in [3.8, 4) is 0 Å². The molecule has 2 saturated heterocycles. The van der Waals surface area contributed by atoms with Crippen LogP contribution in [0.1, 0.15) is 32.1 Å². The van der Waals surface area contributed by atoms with Gasteiger partial charge in [-0.3, -0.25) is 4.79 Å². The first-order valence-corrected chi connectivity index (χ1v) is 8.92. The lowest BCUT2D eigenvalue weighted by molar-refractivity contribution is -0.140. The van der Waals surface area contributed by atoms with Gasteiger partial charge in [-0.2, -0.15) is 0 Å². The fourth-order valence-electron chi connectivity index (χ4n) is 3.11. The van der Waals surface area contributed by atoms with E-state index in [0.717, 1.165) is 25.8 Å². The van der Waals surface area contributed by atoms with E-state index in [4.69, 9.17) is 0 Å². The molecule has 2 atom stereocenters. The highest BCUT2D eigenvalue weighted by molar-refractivity contribution is 7.89. The summed E-state index contributed by atoms with van der Waals surface area (Å²) in [5, 5.41) is 3.46. The maximum absolute atomic E-state index is 12.3. The molecule has 0 radical (unpaired) electrons. The van der Waals surface area contributed by atoms with Gasteiger partial charge in [0.15, 0.2) is 0 Å². The fourth-order valence-corrected chi connectivity index (χ4v) is 4.62. The molecule has 7 heteroatoms. The summed E-state index contributed by atoms with van der Waals surface area (Å²) < 4.78 is 30.6. The number of sulfonamides is 1. The molecule has 2 rings (SSSR count). The number of carbonyl (C=O) groups is 1. The lowest BCUT2D eigenvalue weighted by Gasteiger charge is -2.35. The minimum absolute atomic E-state index is 0.0678. The van der Waals surface area contributed by atoms with Crippen molar-refractivity contribution < 1.29 is 17.9 Å². The van der Waals surface area contributed by atoms with E-state index in [1.54, 1.807) is 4.31 Å². The highest BCUT2D eigenvalue weighted by Gasteiger charge is 2.33. The van der Waals surface area contributed by atoms with Gasteiger partial charge in [0, 0.05) is 19.1 Å². The molecule has 1 N–H and O–H groups in total. The average Bonchev–Trinajstić information content (AvgIpc) is 2.99. The summed E-state index contributed by atoms with van der Waals surface area (Å²) in [4.78, 5) is 11.1. The molecule has 0 aromatic rings. The Bertz CT molecular complexity index is 432. The molecular weight excluding hydrogens is 280 g/mol. The van der Waals surface area contributed by atoms with Crippen LogP contribution in [-0.4, -0.2) is 57.2 Å². The first-order valence-electron chi connectivity index (χ1n) is 7.31. The monoisotopic (exact) mass is 304 g/mol. The maximum atomic E-state index is 12.3. The van der Waals surface area contributed by atoms with Crippen molar-refractivity contribution >= 4 is 16.0 Å². The van der Waals surface area contributed by atoms with Gasteiger partial charge in [-0.05, 0) is 38.1 Å². The van der Waals surface area contributed by atoms with E-state index >= 15 is 0 Å². The quantitative estimate of drug-likeness (QED) is 0.742. The van der Waals surface area contributed by atoms with E-state index in [2.05, 4.69) is 10.1 Å². The Kier molecular flexibility index (Phi) is 5.40. The number of methoxy groups -OCH3 is 1. The minimum atomic E-state index is -3.35. The molecule has 0 aromatic heterocycles. The van der Waals surface area contributed by atoms with E-state index in [-0.39, 0.29) is 12.2 Å². The summed E-state index contributed by atoms with van der Waals surface area (Å²) in [6, 6.07) is 0.452. The zero-order valence-corrected chi connectivity index (χ0v) is 12.8. The van der Waals surface area contributed by atoms with Crippen molar-refractivity contribution in [1.29, 1.82) is 0 Å². The Morgan fingerprint density at radius 3 is 2.80 bits per heavy atom. The Labute approximate surface area is 120 Å². The van der Waals surface area contributed by atoms with Crippen LogP contribution >= 0.6 is 0 Å². The normalized spacial score (nSPS) is 28.4. The second-order valence-corrected chi connectivity index (χ2v) is 7.69. The summed E-state index contributed by atoms with van der Waals surface area (Å²) in [5.74, 6) is -0.219. The molecule has 0 amide bonds. The SMILES string of the molecule is COC(=O)CCS(=O)(=O)N1CCCC(C2CCCN2)C1. The number of piperidine rings is 1. The second-order valence-electron chi connectivity index (χ2n) is 5.61. The highest BCUT2D eigenvalue weighted by atomic mass is 32.2. The summed E-state index contributed by atoms with van der Waals surface area (Å²) in [6.45, 7) is 2.20.